The van der Waals surface area contributed by atoms with Crippen molar-refractivity contribution in [3.8, 4) is 0 Å². The zero-order valence-electron chi connectivity index (χ0n) is 16.8. The summed E-state index contributed by atoms with van der Waals surface area (Å²) in [5.74, 6) is 1.04. The minimum absolute atomic E-state index is 0.117. The summed E-state index contributed by atoms with van der Waals surface area (Å²) < 4.78 is 25.0. The minimum Gasteiger partial charge on any atom is -0.204 e. The molecule has 0 bridgehead atoms. The Bertz CT molecular complexity index is 860. The molecule has 1 heterocycles. The molecule has 156 valence electrons. The summed E-state index contributed by atoms with van der Waals surface area (Å²) >= 11 is 0.649. The smallest absolute Gasteiger partial charge is 0.161 e. The van der Waals surface area contributed by atoms with Crippen LogP contribution in [0, 0.1) is 17.6 Å². The number of pyridine rings is 1. The molecule has 3 N–H and O–H groups in total. The molecule has 7 heteroatoms. The van der Waals surface area contributed by atoms with Gasteiger partial charge in [0, 0.05) is 0 Å². The zero-order valence-corrected chi connectivity index (χ0v) is 18.5. The van der Waals surface area contributed by atoms with Crippen LogP contribution in [0.15, 0.2) is 43.1 Å². The van der Waals surface area contributed by atoms with E-state index in [9.17, 15) is 13.6 Å². The number of anilines is 1. The van der Waals surface area contributed by atoms with Gasteiger partial charge in [-0.3, -0.25) is 0 Å². The largest absolute Gasteiger partial charge is 0.204 e. The van der Waals surface area contributed by atoms with Crippen LogP contribution in [0.3, 0.4) is 0 Å². The molecule has 1 saturated carbocycles. The van der Waals surface area contributed by atoms with Gasteiger partial charge in [-0.25, -0.2) is 8.78 Å². The van der Waals surface area contributed by atoms with Crippen molar-refractivity contribution in [1.82, 2.24) is 4.98 Å². The molecule has 1 amide bonds. The van der Waals surface area contributed by atoms with Crippen LogP contribution < -0.4 is 11.1 Å². The molecule has 0 radical (unpaired) electrons. The van der Waals surface area contributed by atoms with Gasteiger partial charge in [0.15, 0.2) is 11.6 Å². The van der Waals surface area contributed by atoms with E-state index < -0.39 is 11.6 Å². The van der Waals surface area contributed by atoms with Gasteiger partial charge >= 0.3 is 119 Å². The van der Waals surface area contributed by atoms with E-state index in [-0.39, 0.29) is 11.8 Å². The van der Waals surface area contributed by atoms with Crippen molar-refractivity contribution < 1.29 is 13.6 Å². The van der Waals surface area contributed by atoms with Gasteiger partial charge in [-0.15, -0.1) is 0 Å². The Balaban J connectivity index is 0.000000253. The molecule has 0 spiro atoms. The first-order valence-electron chi connectivity index (χ1n) is 9.53. The number of halogens is 2. The third kappa shape index (κ3) is 6.65. The van der Waals surface area contributed by atoms with Crippen LogP contribution in [0.2, 0.25) is 10.6 Å². The summed E-state index contributed by atoms with van der Waals surface area (Å²) in [6.45, 7) is 5.44. The van der Waals surface area contributed by atoms with Crippen molar-refractivity contribution in [2.75, 3.05) is 5.32 Å². The quantitative estimate of drug-likeness (QED) is 0.621. The third-order valence-electron chi connectivity index (χ3n) is 4.86. The molecule has 2 unspecified atom stereocenters. The molecule has 29 heavy (non-hydrogen) atoms. The van der Waals surface area contributed by atoms with Gasteiger partial charge in [0.2, 0.25) is 0 Å². The molecule has 2 atom stereocenters. The summed E-state index contributed by atoms with van der Waals surface area (Å²) in [6.07, 6.45) is 5.40. The summed E-state index contributed by atoms with van der Waals surface area (Å²) in [4.78, 5) is 17.0. The number of benzene rings is 1. The van der Waals surface area contributed by atoms with Crippen molar-refractivity contribution in [1.29, 1.82) is 0 Å². The van der Waals surface area contributed by atoms with Gasteiger partial charge < -0.3 is 0 Å². The fourth-order valence-electron chi connectivity index (χ4n) is 3.14. The Kier molecular flexibility index (Phi) is 8.80. The molecule has 1 aliphatic carbocycles. The Morgan fingerprint density at radius 3 is 2.69 bits per heavy atom. The molecule has 1 aromatic heterocycles. The third-order valence-corrected chi connectivity index (χ3v) is 7.15. The number of amides is 1. The van der Waals surface area contributed by atoms with Crippen molar-refractivity contribution in [3.05, 3.63) is 66.0 Å². The molecule has 3 rings (SSSR count). The average Bonchev–Trinajstić information content (AvgIpc) is 3.20. The summed E-state index contributed by atoms with van der Waals surface area (Å²) in [5.41, 5.74) is 7.80. The fourth-order valence-corrected chi connectivity index (χ4v) is 4.81. The molecule has 1 fully saturated rings. The van der Waals surface area contributed by atoms with Crippen molar-refractivity contribution >= 4 is 32.2 Å². The number of nitrogens with zero attached hydrogens (tertiary/aromatic N) is 1. The fraction of sp³-hybridized carbons (Fsp3) is 0.364. The summed E-state index contributed by atoms with van der Waals surface area (Å²) in [7, 11) is 0. The van der Waals surface area contributed by atoms with Crippen LogP contribution in [-0.4, -0.2) is 25.8 Å². The van der Waals surface area contributed by atoms with E-state index in [0.29, 0.717) is 38.3 Å². The number of hydrogen-bond donors (Lipinski definition) is 2. The first-order chi connectivity index (χ1) is 13.8. The summed E-state index contributed by atoms with van der Waals surface area (Å²) in [5, 5.41) is 2.96. The maximum Gasteiger partial charge on any atom is 0.161 e. The van der Waals surface area contributed by atoms with Crippen molar-refractivity contribution in [3.63, 3.8) is 0 Å². The minimum atomic E-state index is -0.764. The van der Waals surface area contributed by atoms with Gasteiger partial charge in [0.05, 0.1) is 0 Å². The molecule has 2 aromatic rings. The number of rotatable bonds is 5. The predicted molar refractivity (Wildman–Crippen MR) is 115 cm³/mol. The maximum atomic E-state index is 12.6. The van der Waals surface area contributed by atoms with E-state index in [1.54, 1.807) is 31.3 Å². The average molecular weight is 466 g/mol. The van der Waals surface area contributed by atoms with E-state index in [2.05, 4.69) is 22.7 Å². The Morgan fingerprint density at radius 2 is 2.10 bits per heavy atom. The second-order valence-electron chi connectivity index (χ2n) is 6.88. The monoisotopic (exact) mass is 467 g/mol. The van der Waals surface area contributed by atoms with Gasteiger partial charge in [-0.05, 0) is 18.1 Å². The van der Waals surface area contributed by atoms with Gasteiger partial charge in [0.25, 0.3) is 0 Å². The molecule has 0 saturated heterocycles. The van der Waals surface area contributed by atoms with Crippen LogP contribution in [0.25, 0.3) is 5.70 Å². The molecule has 0 aliphatic heterocycles. The van der Waals surface area contributed by atoms with Gasteiger partial charge in [0.1, 0.15) is 0 Å². The van der Waals surface area contributed by atoms with Crippen LogP contribution >= 0.6 is 0 Å². The van der Waals surface area contributed by atoms with Gasteiger partial charge in [-0.2, -0.15) is 0 Å². The van der Waals surface area contributed by atoms with Crippen molar-refractivity contribution in [2.45, 2.75) is 43.2 Å². The van der Waals surface area contributed by atoms with E-state index >= 15 is 0 Å². The number of carbonyl (C=O) groups excluding carboxylic acids is 1. The first-order valence-corrected chi connectivity index (χ1v) is 12.2. The zero-order chi connectivity index (χ0) is 21.4. The molecule has 1 aromatic carbocycles. The Labute approximate surface area is 177 Å². The summed E-state index contributed by atoms with van der Waals surface area (Å²) in [6, 6.07) is 7.75. The number of carbonyl (C=O) groups is 1. The molecular formula is C22H27F2N3OSe. The van der Waals surface area contributed by atoms with E-state index in [4.69, 9.17) is 5.73 Å². The molecule has 4 nitrogen and oxygen atoms in total. The van der Waals surface area contributed by atoms with E-state index in [0.717, 1.165) is 29.4 Å². The van der Waals surface area contributed by atoms with Crippen LogP contribution in [0.1, 0.15) is 37.4 Å². The Hall–Kier alpha value is -2.24. The van der Waals surface area contributed by atoms with Crippen molar-refractivity contribution in [2.24, 2.45) is 11.7 Å². The number of hydrogen-bond acceptors (Lipinski definition) is 3. The first kappa shape index (κ1) is 23.0. The predicted octanol–water partition coefficient (Wildman–Crippen LogP) is 4.82. The second-order valence-corrected chi connectivity index (χ2v) is 9.27. The number of nitrogens with two attached hydrogens (primary N) is 1. The van der Waals surface area contributed by atoms with Crippen LogP contribution in [-0.2, 0) is 11.2 Å². The van der Waals surface area contributed by atoms with E-state index in [1.165, 1.54) is 12.5 Å². The molecular weight excluding hydrogens is 439 g/mol. The van der Waals surface area contributed by atoms with Crippen LogP contribution in [0.4, 0.5) is 14.5 Å². The topological polar surface area (TPSA) is 68.0 Å². The SMILES string of the molecule is C=C(N)c1cc(NC(=O)C2CCC([Se]C)C2)ccn1.CCc1cccc(F)c1F. The van der Waals surface area contributed by atoms with E-state index in [1.807, 2.05) is 0 Å². The number of aromatic nitrogens is 1. The number of aryl methyl sites for hydroxylation is 1. The standard InChI is InChI=1S/C14H19N3OSe.C8H8F2/c1-9(15)13-8-11(5-6-16-13)17-14(18)10-3-4-12(7-10)19-2;1-2-6-4-3-5-7(9)8(6)10/h5-6,8,10,12H,1,3-4,7,15H2,2H3,(H,16,17,18);3-5H,2H2,1H3. The maximum absolute atomic E-state index is 12.6. The Morgan fingerprint density at radius 1 is 1.34 bits per heavy atom. The van der Waals surface area contributed by atoms with Crippen LogP contribution in [0.5, 0.6) is 0 Å². The normalized spacial score (nSPS) is 17.9. The van der Waals surface area contributed by atoms with Gasteiger partial charge in [-0.1, -0.05) is 19.1 Å². The second kappa shape index (κ2) is 11.1. The molecule has 1 aliphatic rings. The number of nitrogens with one attached hydrogen (secondary N) is 1.